The van der Waals surface area contributed by atoms with Crippen LogP contribution in [0.15, 0.2) is 22.7 Å². The second-order valence-electron chi connectivity index (χ2n) is 3.77. The number of amides is 2. The van der Waals surface area contributed by atoms with Crippen LogP contribution in [0, 0.1) is 5.82 Å². The van der Waals surface area contributed by atoms with Crippen LogP contribution in [0.3, 0.4) is 0 Å². The van der Waals surface area contributed by atoms with Crippen molar-refractivity contribution >= 4 is 27.6 Å². The van der Waals surface area contributed by atoms with Crippen LogP contribution in [-0.4, -0.2) is 35.7 Å². The van der Waals surface area contributed by atoms with Gasteiger partial charge >= 0.3 is 6.03 Å². The number of hydrogen-bond acceptors (Lipinski definition) is 2. The monoisotopic (exact) mass is 318 g/mol. The number of nitrogens with zero attached hydrogens (tertiary/aromatic N) is 1. The Labute approximate surface area is 114 Å². The second kappa shape index (κ2) is 7.33. The number of hydrogen-bond donors (Lipinski definition) is 2. The third-order valence-electron chi connectivity index (χ3n) is 2.32. The standard InChI is InChI=1S/C12H16BrFN2O2/c1-2-5-16(6-7-17)12(18)15-9-3-4-10(13)11(14)8-9/h3-4,8,17H,2,5-7H2,1H3,(H,15,18). The number of carbonyl (C=O) groups excluding carboxylic acids is 1. The van der Waals surface area contributed by atoms with E-state index in [4.69, 9.17) is 5.11 Å². The van der Waals surface area contributed by atoms with Gasteiger partial charge in [0.15, 0.2) is 0 Å². The summed E-state index contributed by atoms with van der Waals surface area (Å²) in [5, 5.41) is 11.5. The summed E-state index contributed by atoms with van der Waals surface area (Å²) in [5.74, 6) is -0.433. The Balaban J connectivity index is 2.69. The zero-order valence-electron chi connectivity index (χ0n) is 10.1. The molecule has 0 aliphatic carbocycles. The average molecular weight is 319 g/mol. The van der Waals surface area contributed by atoms with E-state index in [1.807, 2.05) is 6.92 Å². The molecular formula is C12H16BrFN2O2. The molecular weight excluding hydrogens is 303 g/mol. The number of halogens is 2. The Morgan fingerprint density at radius 1 is 1.50 bits per heavy atom. The zero-order valence-corrected chi connectivity index (χ0v) is 11.7. The molecule has 2 N–H and O–H groups in total. The minimum atomic E-state index is -0.433. The topological polar surface area (TPSA) is 52.6 Å². The smallest absolute Gasteiger partial charge is 0.321 e. The molecule has 6 heteroatoms. The predicted molar refractivity (Wildman–Crippen MR) is 72.1 cm³/mol. The summed E-state index contributed by atoms with van der Waals surface area (Å²) in [4.78, 5) is 13.3. The molecule has 0 unspecified atom stereocenters. The van der Waals surface area contributed by atoms with Gasteiger partial charge in [-0.1, -0.05) is 6.92 Å². The third-order valence-corrected chi connectivity index (χ3v) is 2.96. The molecule has 0 aromatic heterocycles. The van der Waals surface area contributed by atoms with E-state index in [2.05, 4.69) is 21.2 Å². The molecule has 1 aromatic carbocycles. The molecule has 0 saturated heterocycles. The molecule has 0 atom stereocenters. The van der Waals surface area contributed by atoms with E-state index in [1.165, 1.54) is 17.0 Å². The van der Waals surface area contributed by atoms with Gasteiger partial charge in [-0.2, -0.15) is 0 Å². The first-order valence-corrected chi connectivity index (χ1v) is 6.49. The highest BCUT2D eigenvalue weighted by molar-refractivity contribution is 9.10. The van der Waals surface area contributed by atoms with Gasteiger partial charge in [0.2, 0.25) is 0 Å². The molecule has 0 fully saturated rings. The predicted octanol–water partition coefficient (Wildman–Crippen LogP) is 2.82. The highest BCUT2D eigenvalue weighted by Crippen LogP contribution is 2.19. The van der Waals surface area contributed by atoms with Crippen LogP contribution in [0.25, 0.3) is 0 Å². The van der Waals surface area contributed by atoms with Crippen molar-refractivity contribution in [2.75, 3.05) is 25.0 Å². The van der Waals surface area contributed by atoms with E-state index >= 15 is 0 Å². The lowest BCUT2D eigenvalue weighted by atomic mass is 10.3. The van der Waals surface area contributed by atoms with Crippen molar-refractivity contribution in [3.63, 3.8) is 0 Å². The van der Waals surface area contributed by atoms with Crippen LogP contribution in [0.5, 0.6) is 0 Å². The van der Waals surface area contributed by atoms with E-state index < -0.39 is 5.82 Å². The maximum Gasteiger partial charge on any atom is 0.321 e. The number of nitrogens with one attached hydrogen (secondary N) is 1. The fourth-order valence-corrected chi connectivity index (χ4v) is 1.73. The number of urea groups is 1. The van der Waals surface area contributed by atoms with Crippen LogP contribution in [0.4, 0.5) is 14.9 Å². The minimum absolute atomic E-state index is 0.0951. The Hall–Kier alpha value is -1.14. The molecule has 0 radical (unpaired) electrons. The molecule has 1 aromatic rings. The molecule has 1 rings (SSSR count). The number of anilines is 1. The van der Waals surface area contributed by atoms with Crippen LogP contribution in [0.1, 0.15) is 13.3 Å². The number of rotatable bonds is 5. The summed E-state index contributed by atoms with van der Waals surface area (Å²) in [7, 11) is 0. The molecule has 18 heavy (non-hydrogen) atoms. The van der Waals surface area contributed by atoms with Gasteiger partial charge in [0.1, 0.15) is 5.82 Å². The van der Waals surface area contributed by atoms with Crippen molar-refractivity contribution in [1.82, 2.24) is 4.90 Å². The molecule has 0 bridgehead atoms. The van der Waals surface area contributed by atoms with Gasteiger partial charge in [-0.25, -0.2) is 9.18 Å². The summed E-state index contributed by atoms with van der Waals surface area (Å²) in [6, 6.07) is 4.04. The Bertz CT molecular complexity index is 409. The SMILES string of the molecule is CCCN(CCO)C(=O)Nc1ccc(Br)c(F)c1. The van der Waals surface area contributed by atoms with Crippen molar-refractivity contribution in [2.45, 2.75) is 13.3 Å². The normalized spacial score (nSPS) is 10.2. The van der Waals surface area contributed by atoms with E-state index in [9.17, 15) is 9.18 Å². The average Bonchev–Trinajstić information content (AvgIpc) is 2.33. The maximum absolute atomic E-state index is 13.3. The minimum Gasteiger partial charge on any atom is -0.395 e. The Kier molecular flexibility index (Phi) is 6.07. The molecule has 0 heterocycles. The Morgan fingerprint density at radius 2 is 2.22 bits per heavy atom. The van der Waals surface area contributed by atoms with Crippen molar-refractivity contribution in [3.8, 4) is 0 Å². The molecule has 100 valence electrons. The first-order valence-electron chi connectivity index (χ1n) is 5.70. The summed E-state index contributed by atoms with van der Waals surface area (Å²) >= 11 is 3.04. The highest BCUT2D eigenvalue weighted by atomic mass is 79.9. The van der Waals surface area contributed by atoms with E-state index in [0.717, 1.165) is 6.42 Å². The molecule has 4 nitrogen and oxygen atoms in total. The number of carbonyl (C=O) groups is 1. The second-order valence-corrected chi connectivity index (χ2v) is 4.62. The maximum atomic E-state index is 13.3. The zero-order chi connectivity index (χ0) is 13.5. The van der Waals surface area contributed by atoms with Crippen LogP contribution in [0.2, 0.25) is 0 Å². The van der Waals surface area contributed by atoms with Crippen LogP contribution in [-0.2, 0) is 0 Å². The van der Waals surface area contributed by atoms with Crippen molar-refractivity contribution in [3.05, 3.63) is 28.5 Å². The van der Waals surface area contributed by atoms with Gasteiger partial charge < -0.3 is 15.3 Å². The lowest BCUT2D eigenvalue weighted by Gasteiger charge is -2.21. The quantitative estimate of drug-likeness (QED) is 0.877. The molecule has 0 aliphatic heterocycles. The van der Waals surface area contributed by atoms with Crippen molar-refractivity contribution < 1.29 is 14.3 Å². The largest absolute Gasteiger partial charge is 0.395 e. The number of aliphatic hydroxyl groups is 1. The van der Waals surface area contributed by atoms with Gasteiger partial charge in [0, 0.05) is 18.8 Å². The van der Waals surface area contributed by atoms with E-state index in [0.29, 0.717) is 16.7 Å². The van der Waals surface area contributed by atoms with E-state index in [-0.39, 0.29) is 19.2 Å². The van der Waals surface area contributed by atoms with Crippen LogP contribution >= 0.6 is 15.9 Å². The molecule has 0 aliphatic rings. The fourth-order valence-electron chi connectivity index (χ4n) is 1.48. The van der Waals surface area contributed by atoms with Gasteiger partial charge in [-0.3, -0.25) is 0 Å². The highest BCUT2D eigenvalue weighted by Gasteiger charge is 2.12. The van der Waals surface area contributed by atoms with Crippen LogP contribution < -0.4 is 5.32 Å². The first kappa shape index (κ1) is 14.9. The summed E-state index contributed by atoms with van der Waals surface area (Å²) in [5.41, 5.74) is 0.389. The van der Waals surface area contributed by atoms with Gasteiger partial charge in [-0.05, 0) is 40.5 Å². The van der Waals surface area contributed by atoms with Gasteiger partial charge in [0.25, 0.3) is 0 Å². The first-order chi connectivity index (χ1) is 8.58. The van der Waals surface area contributed by atoms with Crippen molar-refractivity contribution in [1.29, 1.82) is 0 Å². The van der Waals surface area contributed by atoms with Gasteiger partial charge in [-0.15, -0.1) is 0 Å². The van der Waals surface area contributed by atoms with Crippen molar-refractivity contribution in [2.24, 2.45) is 0 Å². The summed E-state index contributed by atoms with van der Waals surface area (Å²) in [6.45, 7) is 2.66. The molecule has 0 spiro atoms. The lowest BCUT2D eigenvalue weighted by Crippen LogP contribution is -2.37. The van der Waals surface area contributed by atoms with Gasteiger partial charge in [0.05, 0.1) is 11.1 Å². The summed E-state index contributed by atoms with van der Waals surface area (Å²) < 4.78 is 13.6. The number of benzene rings is 1. The molecule has 2 amide bonds. The number of aliphatic hydroxyl groups excluding tert-OH is 1. The lowest BCUT2D eigenvalue weighted by molar-refractivity contribution is 0.188. The fraction of sp³-hybridized carbons (Fsp3) is 0.417. The van der Waals surface area contributed by atoms with E-state index in [1.54, 1.807) is 6.07 Å². The molecule has 0 saturated carbocycles. The third kappa shape index (κ3) is 4.27. The summed E-state index contributed by atoms with van der Waals surface area (Å²) in [6.07, 6.45) is 0.794. The Morgan fingerprint density at radius 3 is 2.78 bits per heavy atom.